The van der Waals surface area contributed by atoms with Crippen molar-refractivity contribution in [1.29, 1.82) is 0 Å². The van der Waals surface area contributed by atoms with Crippen molar-refractivity contribution in [3.63, 3.8) is 0 Å². The van der Waals surface area contributed by atoms with Crippen LogP contribution in [0.3, 0.4) is 0 Å². The SMILES string of the molecule is CC1(C)OB(C(=Cc2ccc3c(c2)C(=O)CC3)CS)OC1(C)C. The number of carbonyl (C=O) groups is 1. The maximum absolute atomic E-state index is 11.9. The van der Waals surface area contributed by atoms with Crippen LogP contribution >= 0.6 is 12.6 Å². The first-order valence-electron chi connectivity index (χ1n) is 8.06. The highest BCUT2D eigenvalue weighted by atomic mass is 32.1. The second kappa shape index (κ2) is 5.80. The van der Waals surface area contributed by atoms with Gasteiger partial charge in [-0.05, 0) is 56.8 Å². The Morgan fingerprint density at radius 1 is 1.22 bits per heavy atom. The molecule has 5 heteroatoms. The summed E-state index contributed by atoms with van der Waals surface area (Å²) < 4.78 is 12.2. The first-order chi connectivity index (χ1) is 10.7. The fourth-order valence-corrected chi connectivity index (χ4v) is 3.18. The van der Waals surface area contributed by atoms with E-state index in [4.69, 9.17) is 9.31 Å². The Labute approximate surface area is 144 Å². The molecule has 1 heterocycles. The standard InChI is InChI=1S/C18H23BO3S/c1-17(2)18(3,4)22-19(21-17)14(11-23)9-12-5-6-13-7-8-16(20)15(13)10-12/h5-6,9-10,23H,7-8,11H2,1-4H3. The number of carbonyl (C=O) groups excluding carboxylic acids is 1. The summed E-state index contributed by atoms with van der Waals surface area (Å²) in [4.78, 5) is 11.9. The number of fused-ring (bicyclic) bond motifs is 1. The van der Waals surface area contributed by atoms with E-state index in [9.17, 15) is 4.79 Å². The van der Waals surface area contributed by atoms with Gasteiger partial charge in [-0.1, -0.05) is 18.2 Å². The molecule has 0 radical (unpaired) electrons. The van der Waals surface area contributed by atoms with Gasteiger partial charge in [0.05, 0.1) is 11.2 Å². The van der Waals surface area contributed by atoms with Crippen molar-refractivity contribution < 1.29 is 14.1 Å². The Morgan fingerprint density at radius 3 is 2.48 bits per heavy atom. The summed E-state index contributed by atoms with van der Waals surface area (Å²) >= 11 is 4.44. The smallest absolute Gasteiger partial charge is 0.400 e. The molecule has 122 valence electrons. The molecule has 0 atom stereocenters. The van der Waals surface area contributed by atoms with Crippen molar-refractivity contribution in [2.45, 2.75) is 51.7 Å². The Bertz CT molecular complexity index is 663. The van der Waals surface area contributed by atoms with E-state index in [1.807, 2.05) is 52.0 Å². The van der Waals surface area contributed by atoms with Crippen LogP contribution < -0.4 is 0 Å². The van der Waals surface area contributed by atoms with Crippen LogP contribution in [0.4, 0.5) is 0 Å². The van der Waals surface area contributed by atoms with Gasteiger partial charge in [-0.3, -0.25) is 4.79 Å². The Kier molecular flexibility index (Phi) is 4.24. The summed E-state index contributed by atoms with van der Waals surface area (Å²) in [6.45, 7) is 8.16. The summed E-state index contributed by atoms with van der Waals surface area (Å²) in [5.74, 6) is 0.778. The molecule has 0 aromatic heterocycles. The van der Waals surface area contributed by atoms with E-state index in [2.05, 4.69) is 12.6 Å². The number of aryl methyl sites for hydroxylation is 1. The maximum atomic E-state index is 11.9. The van der Waals surface area contributed by atoms with Gasteiger partial charge in [0.25, 0.3) is 0 Å². The lowest BCUT2D eigenvalue weighted by molar-refractivity contribution is 0.00578. The van der Waals surface area contributed by atoms with Crippen LogP contribution in [0.25, 0.3) is 6.08 Å². The zero-order valence-electron chi connectivity index (χ0n) is 14.2. The molecule has 2 aliphatic rings. The molecule has 1 aromatic carbocycles. The predicted octanol–water partition coefficient (Wildman–Crippen LogP) is 3.76. The molecular weight excluding hydrogens is 307 g/mol. The van der Waals surface area contributed by atoms with Crippen molar-refractivity contribution in [2.24, 2.45) is 0 Å². The molecule has 1 aromatic rings. The van der Waals surface area contributed by atoms with Crippen molar-refractivity contribution in [2.75, 3.05) is 5.75 Å². The van der Waals surface area contributed by atoms with Crippen LogP contribution in [0.15, 0.2) is 23.7 Å². The summed E-state index contributed by atoms with van der Waals surface area (Å²) in [6.07, 6.45) is 3.51. The first kappa shape index (κ1) is 16.8. The van der Waals surface area contributed by atoms with Gasteiger partial charge in [0.1, 0.15) is 0 Å². The largest absolute Gasteiger partial charge is 0.491 e. The van der Waals surface area contributed by atoms with Crippen LogP contribution in [0, 0.1) is 0 Å². The molecule has 0 unspecified atom stereocenters. The fraction of sp³-hybridized carbons (Fsp3) is 0.500. The second-order valence-electron chi connectivity index (χ2n) is 7.31. The number of Topliss-reactive ketones (excluding diaryl/α,β-unsaturated/α-hetero) is 1. The molecule has 0 amide bonds. The maximum Gasteiger partial charge on any atom is 0.491 e. The number of rotatable bonds is 3. The minimum Gasteiger partial charge on any atom is -0.400 e. The van der Waals surface area contributed by atoms with Crippen LogP contribution in [-0.4, -0.2) is 29.9 Å². The Morgan fingerprint density at radius 2 is 1.87 bits per heavy atom. The molecule has 0 saturated carbocycles. The molecule has 1 aliphatic carbocycles. The normalized spacial score (nSPS) is 22.6. The number of hydrogen-bond acceptors (Lipinski definition) is 4. The number of ketones is 1. The average molecular weight is 330 g/mol. The molecule has 0 bridgehead atoms. The topological polar surface area (TPSA) is 35.5 Å². The van der Waals surface area contributed by atoms with Crippen molar-refractivity contribution >= 4 is 31.6 Å². The average Bonchev–Trinajstić information content (AvgIpc) is 2.94. The summed E-state index contributed by atoms with van der Waals surface area (Å²) in [5, 5.41) is 0. The van der Waals surface area contributed by atoms with Gasteiger partial charge in [-0.25, -0.2) is 0 Å². The van der Waals surface area contributed by atoms with E-state index in [-0.39, 0.29) is 17.0 Å². The van der Waals surface area contributed by atoms with Gasteiger partial charge in [-0.15, -0.1) is 0 Å². The molecule has 1 aliphatic heterocycles. The zero-order chi connectivity index (χ0) is 16.8. The van der Waals surface area contributed by atoms with Crippen LogP contribution in [0.2, 0.25) is 0 Å². The van der Waals surface area contributed by atoms with Crippen LogP contribution in [0.5, 0.6) is 0 Å². The molecular formula is C18H23BO3S. The van der Waals surface area contributed by atoms with Crippen molar-refractivity contribution in [1.82, 2.24) is 0 Å². The van der Waals surface area contributed by atoms with Gasteiger partial charge >= 0.3 is 7.12 Å². The highest BCUT2D eigenvalue weighted by Gasteiger charge is 2.52. The summed E-state index contributed by atoms with van der Waals surface area (Å²) in [6, 6.07) is 6.07. The van der Waals surface area contributed by atoms with Gasteiger partial charge < -0.3 is 9.31 Å². The third-order valence-corrected chi connectivity index (χ3v) is 5.51. The Hall–Kier alpha value is -1.04. The quantitative estimate of drug-likeness (QED) is 0.677. The lowest BCUT2D eigenvalue weighted by atomic mass is 9.78. The molecule has 3 rings (SSSR count). The number of thiol groups is 1. The zero-order valence-corrected chi connectivity index (χ0v) is 15.1. The highest BCUT2D eigenvalue weighted by Crippen LogP contribution is 2.39. The third kappa shape index (κ3) is 3.02. The predicted molar refractivity (Wildman–Crippen MR) is 97.0 cm³/mol. The second-order valence-corrected chi connectivity index (χ2v) is 7.62. The van der Waals surface area contributed by atoms with E-state index in [1.54, 1.807) is 0 Å². The summed E-state index contributed by atoms with van der Waals surface area (Å²) in [5.41, 5.74) is 3.23. The number of hydrogen-bond donors (Lipinski definition) is 1. The van der Waals surface area contributed by atoms with Gasteiger partial charge in [-0.2, -0.15) is 12.6 Å². The minimum absolute atomic E-state index is 0.235. The molecule has 0 spiro atoms. The molecule has 3 nitrogen and oxygen atoms in total. The van der Waals surface area contributed by atoms with Crippen molar-refractivity contribution in [3.8, 4) is 0 Å². The first-order valence-corrected chi connectivity index (χ1v) is 8.70. The van der Waals surface area contributed by atoms with Crippen molar-refractivity contribution in [3.05, 3.63) is 40.4 Å². The van der Waals surface area contributed by atoms with Gasteiger partial charge in [0.15, 0.2) is 5.78 Å². The molecule has 23 heavy (non-hydrogen) atoms. The Balaban J connectivity index is 1.89. The van der Waals surface area contributed by atoms with Crippen LogP contribution in [-0.2, 0) is 15.7 Å². The lowest BCUT2D eigenvalue weighted by Crippen LogP contribution is -2.41. The molecule has 0 N–H and O–H groups in total. The van der Waals surface area contributed by atoms with E-state index in [0.717, 1.165) is 28.6 Å². The molecule has 1 saturated heterocycles. The third-order valence-electron chi connectivity index (χ3n) is 5.15. The van der Waals surface area contributed by atoms with E-state index < -0.39 is 7.12 Å². The monoisotopic (exact) mass is 330 g/mol. The fourth-order valence-electron chi connectivity index (χ4n) is 2.94. The molecule has 1 fully saturated rings. The minimum atomic E-state index is -0.401. The van der Waals surface area contributed by atoms with E-state index >= 15 is 0 Å². The number of benzene rings is 1. The summed E-state index contributed by atoms with van der Waals surface area (Å²) in [7, 11) is -0.401. The van der Waals surface area contributed by atoms with Gasteiger partial charge in [0, 0.05) is 17.7 Å². The van der Waals surface area contributed by atoms with Gasteiger partial charge in [0.2, 0.25) is 0 Å². The highest BCUT2D eigenvalue weighted by molar-refractivity contribution is 7.80. The van der Waals surface area contributed by atoms with E-state index in [1.165, 1.54) is 0 Å². The van der Waals surface area contributed by atoms with Crippen LogP contribution in [0.1, 0.15) is 55.6 Å². The lowest BCUT2D eigenvalue weighted by Gasteiger charge is -2.32. The van der Waals surface area contributed by atoms with E-state index in [0.29, 0.717) is 12.2 Å².